The maximum Gasteiger partial charge on any atom is 0.227 e. The molecule has 1 aromatic heterocycles. The van der Waals surface area contributed by atoms with Crippen LogP contribution < -0.4 is 0 Å². The molecule has 1 amide bonds. The summed E-state index contributed by atoms with van der Waals surface area (Å²) in [6.07, 6.45) is 2.46. The maximum atomic E-state index is 12.3. The van der Waals surface area contributed by atoms with Gasteiger partial charge in [0.2, 0.25) is 5.91 Å². The molecule has 0 N–H and O–H groups in total. The lowest BCUT2D eigenvalue weighted by Gasteiger charge is -2.24. The zero-order valence-electron chi connectivity index (χ0n) is 12.6. The molecule has 0 saturated heterocycles. The van der Waals surface area contributed by atoms with Crippen molar-refractivity contribution in [2.24, 2.45) is 7.05 Å². The van der Waals surface area contributed by atoms with Crippen LogP contribution >= 0.6 is 0 Å². The SMILES string of the molecule is COCC(C)N(C)C(=O)Cc1cn(C)c2ccccc12. The number of ether oxygens (including phenoxy) is 1. The number of rotatable bonds is 5. The van der Waals surface area contributed by atoms with Crippen LogP contribution in [0.1, 0.15) is 12.5 Å². The molecule has 1 unspecified atom stereocenters. The van der Waals surface area contributed by atoms with Gasteiger partial charge in [0.15, 0.2) is 0 Å². The van der Waals surface area contributed by atoms with Crippen molar-refractivity contribution in [2.75, 3.05) is 20.8 Å². The molecule has 0 fully saturated rings. The number of carbonyl (C=O) groups is 1. The zero-order valence-corrected chi connectivity index (χ0v) is 12.6. The molecular formula is C16H22N2O2. The number of hydrogen-bond donors (Lipinski definition) is 0. The van der Waals surface area contributed by atoms with Gasteiger partial charge < -0.3 is 14.2 Å². The van der Waals surface area contributed by atoms with Gasteiger partial charge in [-0.1, -0.05) is 18.2 Å². The average molecular weight is 274 g/mol. The Balaban J connectivity index is 2.18. The Morgan fingerprint density at radius 1 is 1.40 bits per heavy atom. The van der Waals surface area contributed by atoms with Crippen LogP contribution in [0.25, 0.3) is 10.9 Å². The first-order chi connectivity index (χ1) is 9.54. The second-order valence-corrected chi connectivity index (χ2v) is 5.27. The van der Waals surface area contributed by atoms with Crippen LogP contribution in [-0.2, 0) is 23.0 Å². The Morgan fingerprint density at radius 2 is 2.10 bits per heavy atom. The molecular weight excluding hydrogens is 252 g/mol. The smallest absolute Gasteiger partial charge is 0.227 e. The minimum absolute atomic E-state index is 0.0856. The van der Waals surface area contributed by atoms with Gasteiger partial charge in [-0.3, -0.25) is 4.79 Å². The number of carbonyl (C=O) groups excluding carboxylic acids is 1. The number of likely N-dealkylation sites (N-methyl/N-ethyl adjacent to an activating group) is 1. The summed E-state index contributed by atoms with van der Waals surface area (Å²) >= 11 is 0. The van der Waals surface area contributed by atoms with E-state index in [1.165, 1.54) is 0 Å². The van der Waals surface area contributed by atoms with Crippen molar-refractivity contribution in [1.82, 2.24) is 9.47 Å². The molecule has 1 aromatic carbocycles. The summed E-state index contributed by atoms with van der Waals surface area (Å²) < 4.78 is 7.17. The van der Waals surface area contributed by atoms with Crippen molar-refractivity contribution in [2.45, 2.75) is 19.4 Å². The zero-order chi connectivity index (χ0) is 14.7. The monoisotopic (exact) mass is 274 g/mol. The molecule has 0 aliphatic heterocycles. The topological polar surface area (TPSA) is 34.5 Å². The van der Waals surface area contributed by atoms with Gasteiger partial charge in [0.1, 0.15) is 0 Å². The van der Waals surface area contributed by atoms with E-state index >= 15 is 0 Å². The number of fused-ring (bicyclic) bond motifs is 1. The fourth-order valence-corrected chi connectivity index (χ4v) is 2.45. The second kappa shape index (κ2) is 6.09. The largest absolute Gasteiger partial charge is 0.383 e. The number of aromatic nitrogens is 1. The van der Waals surface area contributed by atoms with Crippen molar-refractivity contribution in [3.63, 3.8) is 0 Å². The molecule has 2 aromatic rings. The second-order valence-electron chi connectivity index (χ2n) is 5.27. The quantitative estimate of drug-likeness (QED) is 0.838. The maximum absolute atomic E-state index is 12.3. The molecule has 0 aliphatic rings. The molecule has 1 heterocycles. The highest BCUT2D eigenvalue weighted by molar-refractivity contribution is 5.89. The molecule has 0 spiro atoms. The summed E-state index contributed by atoms with van der Waals surface area (Å²) in [5, 5.41) is 1.15. The number of amides is 1. The highest BCUT2D eigenvalue weighted by atomic mass is 16.5. The summed E-state index contributed by atoms with van der Waals surface area (Å²) in [6.45, 7) is 2.54. The third kappa shape index (κ3) is 2.85. The van der Waals surface area contributed by atoms with Gasteiger partial charge in [-0.15, -0.1) is 0 Å². The average Bonchev–Trinajstić information content (AvgIpc) is 2.75. The van der Waals surface area contributed by atoms with E-state index in [0.717, 1.165) is 16.5 Å². The van der Waals surface area contributed by atoms with Crippen LogP contribution in [0.2, 0.25) is 0 Å². The van der Waals surface area contributed by atoms with E-state index in [2.05, 4.69) is 16.7 Å². The van der Waals surface area contributed by atoms with Crippen molar-refractivity contribution in [1.29, 1.82) is 0 Å². The van der Waals surface area contributed by atoms with E-state index in [9.17, 15) is 4.79 Å². The Morgan fingerprint density at radius 3 is 2.80 bits per heavy atom. The minimum atomic E-state index is 0.0856. The molecule has 108 valence electrons. The Hall–Kier alpha value is -1.81. The summed E-state index contributed by atoms with van der Waals surface area (Å²) in [5.41, 5.74) is 2.23. The van der Waals surface area contributed by atoms with E-state index in [1.54, 1.807) is 12.0 Å². The molecule has 20 heavy (non-hydrogen) atoms. The molecule has 0 saturated carbocycles. The van der Waals surface area contributed by atoms with Gasteiger partial charge in [0.25, 0.3) is 0 Å². The van der Waals surface area contributed by atoms with Crippen LogP contribution in [0.15, 0.2) is 30.5 Å². The number of aryl methyl sites for hydroxylation is 1. The van der Waals surface area contributed by atoms with Crippen molar-refractivity contribution in [3.8, 4) is 0 Å². The molecule has 0 aliphatic carbocycles. The van der Waals surface area contributed by atoms with Gasteiger partial charge in [-0.25, -0.2) is 0 Å². The summed E-state index contributed by atoms with van der Waals surface area (Å²) in [4.78, 5) is 14.1. The van der Waals surface area contributed by atoms with E-state index in [-0.39, 0.29) is 11.9 Å². The lowest BCUT2D eigenvalue weighted by atomic mass is 10.1. The van der Waals surface area contributed by atoms with E-state index < -0.39 is 0 Å². The Kier molecular flexibility index (Phi) is 4.45. The summed E-state index contributed by atoms with van der Waals surface area (Å²) in [5.74, 6) is 0.117. The van der Waals surface area contributed by atoms with Gasteiger partial charge in [-0.05, 0) is 18.6 Å². The number of methoxy groups -OCH3 is 1. The predicted molar refractivity (Wildman–Crippen MR) is 80.7 cm³/mol. The highest BCUT2D eigenvalue weighted by Gasteiger charge is 2.17. The van der Waals surface area contributed by atoms with Crippen LogP contribution in [0, 0.1) is 0 Å². The lowest BCUT2D eigenvalue weighted by molar-refractivity contribution is -0.131. The van der Waals surface area contributed by atoms with Crippen LogP contribution in [0.5, 0.6) is 0 Å². The van der Waals surface area contributed by atoms with Gasteiger partial charge >= 0.3 is 0 Å². The number of hydrogen-bond acceptors (Lipinski definition) is 2. The fraction of sp³-hybridized carbons (Fsp3) is 0.438. The Labute approximate surface area is 119 Å². The van der Waals surface area contributed by atoms with Gasteiger partial charge in [-0.2, -0.15) is 0 Å². The van der Waals surface area contributed by atoms with Gasteiger partial charge in [0, 0.05) is 38.3 Å². The van der Waals surface area contributed by atoms with Crippen molar-refractivity contribution >= 4 is 16.8 Å². The molecule has 1 atom stereocenters. The molecule has 4 nitrogen and oxygen atoms in total. The predicted octanol–water partition coefficient (Wildman–Crippen LogP) is 2.21. The Bertz CT molecular complexity index is 604. The van der Waals surface area contributed by atoms with Crippen molar-refractivity contribution < 1.29 is 9.53 Å². The molecule has 4 heteroatoms. The first kappa shape index (κ1) is 14.6. The standard InChI is InChI=1S/C16H22N2O2/c1-12(11-20-4)18(3)16(19)9-13-10-17(2)15-8-6-5-7-14(13)15/h5-8,10,12H,9,11H2,1-4H3. The van der Waals surface area contributed by atoms with Crippen LogP contribution in [0.4, 0.5) is 0 Å². The highest BCUT2D eigenvalue weighted by Crippen LogP contribution is 2.21. The fourth-order valence-electron chi connectivity index (χ4n) is 2.45. The molecule has 0 radical (unpaired) electrons. The van der Waals surface area contributed by atoms with E-state index in [0.29, 0.717) is 13.0 Å². The van der Waals surface area contributed by atoms with Gasteiger partial charge in [0.05, 0.1) is 19.1 Å². The van der Waals surface area contributed by atoms with Crippen LogP contribution in [-0.4, -0.2) is 42.2 Å². The number of para-hydroxylation sites is 1. The lowest BCUT2D eigenvalue weighted by Crippen LogP contribution is -2.38. The first-order valence-corrected chi connectivity index (χ1v) is 6.82. The van der Waals surface area contributed by atoms with E-state index in [4.69, 9.17) is 4.74 Å². The number of nitrogens with zero attached hydrogens (tertiary/aromatic N) is 2. The molecule has 0 bridgehead atoms. The van der Waals surface area contributed by atoms with Crippen molar-refractivity contribution in [3.05, 3.63) is 36.0 Å². The summed E-state index contributed by atoms with van der Waals surface area (Å²) in [7, 11) is 5.49. The minimum Gasteiger partial charge on any atom is -0.383 e. The first-order valence-electron chi connectivity index (χ1n) is 6.82. The summed E-state index contributed by atoms with van der Waals surface area (Å²) in [6, 6.07) is 8.24. The number of benzene rings is 1. The normalized spacial score (nSPS) is 12.6. The molecule has 2 rings (SSSR count). The van der Waals surface area contributed by atoms with Crippen LogP contribution in [0.3, 0.4) is 0 Å². The third-order valence-corrected chi connectivity index (χ3v) is 3.78. The van der Waals surface area contributed by atoms with E-state index in [1.807, 2.05) is 39.3 Å². The third-order valence-electron chi connectivity index (χ3n) is 3.78.